The van der Waals surface area contributed by atoms with Gasteiger partial charge >= 0.3 is 12.0 Å². The largest absolute Gasteiger partial charge is 0.478 e. The Bertz CT molecular complexity index is 714. The number of urea groups is 1. The first-order chi connectivity index (χ1) is 11.0. The summed E-state index contributed by atoms with van der Waals surface area (Å²) in [7, 11) is 0. The van der Waals surface area contributed by atoms with E-state index in [-0.39, 0.29) is 5.56 Å². The van der Waals surface area contributed by atoms with Gasteiger partial charge in [-0.3, -0.25) is 0 Å². The number of carboxylic acid groups (broad SMARTS) is 1. The van der Waals surface area contributed by atoms with E-state index in [4.69, 9.17) is 0 Å². The first-order valence-electron chi connectivity index (χ1n) is 7.09. The highest BCUT2D eigenvalue weighted by molar-refractivity contribution is 14.1. The summed E-state index contributed by atoms with van der Waals surface area (Å²) in [5, 5.41) is 14.6. The number of hydrogen-bond acceptors (Lipinski definition) is 2. The fourth-order valence-corrected chi connectivity index (χ4v) is 2.55. The number of aromatic carboxylic acids is 1. The summed E-state index contributed by atoms with van der Waals surface area (Å²) < 4.78 is 1.16. The molecule has 0 heterocycles. The summed E-state index contributed by atoms with van der Waals surface area (Å²) in [6, 6.07) is 12.6. The summed E-state index contributed by atoms with van der Waals surface area (Å²) in [5.74, 6) is -1.06. The second-order valence-corrected chi connectivity index (χ2v) is 6.31. The second-order valence-electron chi connectivity index (χ2n) is 5.06. The molecule has 0 saturated heterocycles. The van der Waals surface area contributed by atoms with Crippen molar-refractivity contribution in [3.05, 3.63) is 62.7 Å². The van der Waals surface area contributed by atoms with Crippen LogP contribution in [0.5, 0.6) is 0 Å². The molecule has 5 nitrogen and oxygen atoms in total. The fraction of sp³-hybridized carbons (Fsp3) is 0.176. The highest BCUT2D eigenvalue weighted by Crippen LogP contribution is 2.19. The Morgan fingerprint density at radius 3 is 2.48 bits per heavy atom. The number of carbonyl (C=O) groups excluding carboxylic acids is 1. The summed E-state index contributed by atoms with van der Waals surface area (Å²) in [6.07, 6.45) is 0.712. The van der Waals surface area contributed by atoms with Crippen LogP contribution in [0.25, 0.3) is 0 Å². The Hall–Kier alpha value is -2.09. The van der Waals surface area contributed by atoms with E-state index in [1.165, 1.54) is 0 Å². The maximum atomic E-state index is 11.9. The lowest BCUT2D eigenvalue weighted by atomic mass is 10.1. The highest BCUT2D eigenvalue weighted by atomic mass is 127. The van der Waals surface area contributed by atoms with Crippen LogP contribution in [0.1, 0.15) is 21.5 Å². The van der Waals surface area contributed by atoms with Gasteiger partial charge in [0.25, 0.3) is 0 Å². The first-order valence-corrected chi connectivity index (χ1v) is 8.17. The second kappa shape index (κ2) is 7.96. The monoisotopic (exact) mass is 424 g/mol. The molecule has 0 aliphatic carbocycles. The van der Waals surface area contributed by atoms with Gasteiger partial charge in [-0.15, -0.1) is 0 Å². The van der Waals surface area contributed by atoms with Crippen LogP contribution in [-0.2, 0) is 6.42 Å². The summed E-state index contributed by atoms with van der Waals surface area (Å²) >= 11 is 2.24. The van der Waals surface area contributed by atoms with Crippen LogP contribution in [0.4, 0.5) is 10.5 Å². The van der Waals surface area contributed by atoms with Crippen LogP contribution >= 0.6 is 22.6 Å². The summed E-state index contributed by atoms with van der Waals surface area (Å²) in [5.41, 5.74) is 2.14. The molecule has 0 bridgehead atoms. The number of anilines is 1. The minimum Gasteiger partial charge on any atom is -0.478 e. The molecular formula is C17H17IN2O3. The third-order valence-corrected chi connectivity index (χ3v) is 4.07. The quantitative estimate of drug-likeness (QED) is 0.642. The third kappa shape index (κ3) is 4.95. The summed E-state index contributed by atoms with van der Waals surface area (Å²) in [6.45, 7) is 2.17. The summed E-state index contributed by atoms with van der Waals surface area (Å²) in [4.78, 5) is 23.2. The minimum atomic E-state index is -1.06. The highest BCUT2D eigenvalue weighted by Gasteiger charge is 2.14. The lowest BCUT2D eigenvalue weighted by molar-refractivity contribution is 0.0697. The Balaban J connectivity index is 1.91. The van der Waals surface area contributed by atoms with E-state index in [0.717, 1.165) is 9.13 Å². The maximum absolute atomic E-state index is 11.9. The number of halogens is 1. The van der Waals surface area contributed by atoms with Crippen molar-refractivity contribution in [2.24, 2.45) is 0 Å². The molecular weight excluding hydrogens is 407 g/mol. The zero-order chi connectivity index (χ0) is 16.8. The number of carbonyl (C=O) groups is 2. The van der Waals surface area contributed by atoms with E-state index in [1.807, 2.05) is 24.3 Å². The zero-order valence-corrected chi connectivity index (χ0v) is 14.8. The van der Waals surface area contributed by atoms with Gasteiger partial charge in [-0.1, -0.05) is 24.3 Å². The molecule has 6 heteroatoms. The lowest BCUT2D eigenvalue weighted by Crippen LogP contribution is -2.31. The number of benzene rings is 2. The maximum Gasteiger partial charge on any atom is 0.338 e. The molecule has 2 amide bonds. The van der Waals surface area contributed by atoms with Crippen LogP contribution in [0.15, 0.2) is 42.5 Å². The van der Waals surface area contributed by atoms with E-state index in [9.17, 15) is 14.7 Å². The van der Waals surface area contributed by atoms with Crippen molar-refractivity contribution in [3.63, 3.8) is 0 Å². The molecule has 3 N–H and O–H groups in total. The molecule has 0 saturated carbocycles. The van der Waals surface area contributed by atoms with Gasteiger partial charge in [0.05, 0.1) is 11.3 Å². The molecule has 0 aliphatic heterocycles. The molecule has 0 radical (unpaired) electrons. The predicted octanol–water partition coefficient (Wildman–Crippen LogP) is 3.66. The van der Waals surface area contributed by atoms with Crippen molar-refractivity contribution >= 4 is 40.3 Å². The van der Waals surface area contributed by atoms with Crippen LogP contribution in [0.3, 0.4) is 0 Å². The van der Waals surface area contributed by atoms with Crippen LogP contribution in [0.2, 0.25) is 0 Å². The molecule has 2 aromatic carbocycles. The Labute approximate surface area is 148 Å². The molecule has 0 atom stereocenters. The van der Waals surface area contributed by atoms with Crippen molar-refractivity contribution in [3.8, 4) is 0 Å². The van der Waals surface area contributed by atoms with Crippen LogP contribution in [-0.4, -0.2) is 23.7 Å². The lowest BCUT2D eigenvalue weighted by Gasteiger charge is -2.11. The number of hydrogen-bond donors (Lipinski definition) is 3. The molecule has 120 valence electrons. The van der Waals surface area contributed by atoms with Crippen molar-refractivity contribution in [2.75, 3.05) is 11.9 Å². The van der Waals surface area contributed by atoms with Crippen LogP contribution in [0, 0.1) is 10.5 Å². The van der Waals surface area contributed by atoms with E-state index in [0.29, 0.717) is 24.2 Å². The Kier molecular flexibility index (Phi) is 5.97. The van der Waals surface area contributed by atoms with Gasteiger partial charge < -0.3 is 15.7 Å². The molecule has 0 spiro atoms. The Morgan fingerprint density at radius 2 is 1.83 bits per heavy atom. The van der Waals surface area contributed by atoms with Gasteiger partial charge in [0.2, 0.25) is 0 Å². The van der Waals surface area contributed by atoms with Crippen LogP contribution < -0.4 is 10.6 Å². The van der Waals surface area contributed by atoms with E-state index in [2.05, 4.69) is 33.2 Å². The normalized spacial score (nSPS) is 10.2. The predicted molar refractivity (Wildman–Crippen MR) is 98.0 cm³/mol. The number of nitrogens with one attached hydrogen (secondary N) is 2. The van der Waals surface area contributed by atoms with E-state index in [1.54, 1.807) is 25.1 Å². The number of aryl methyl sites for hydroxylation is 1. The SMILES string of the molecule is Cc1cccc(NC(=O)NCCc2ccc(I)cc2)c1C(=O)O. The third-order valence-electron chi connectivity index (χ3n) is 3.35. The molecule has 0 aromatic heterocycles. The number of amides is 2. The molecule has 23 heavy (non-hydrogen) atoms. The van der Waals surface area contributed by atoms with Crippen molar-refractivity contribution in [1.82, 2.24) is 5.32 Å². The number of carboxylic acids is 1. The van der Waals surface area contributed by atoms with Crippen molar-refractivity contribution < 1.29 is 14.7 Å². The van der Waals surface area contributed by atoms with Gasteiger partial charge in [-0.2, -0.15) is 0 Å². The van der Waals surface area contributed by atoms with Gasteiger partial charge in [0.1, 0.15) is 0 Å². The molecule has 2 rings (SSSR count). The molecule has 2 aromatic rings. The van der Waals surface area contributed by atoms with E-state index < -0.39 is 12.0 Å². The van der Waals surface area contributed by atoms with Crippen molar-refractivity contribution in [1.29, 1.82) is 0 Å². The zero-order valence-electron chi connectivity index (χ0n) is 12.6. The standard InChI is InChI=1S/C17H17IN2O3/c1-11-3-2-4-14(15(11)16(21)22)20-17(23)19-10-9-12-5-7-13(18)8-6-12/h2-8H,9-10H2,1H3,(H,21,22)(H2,19,20,23). The molecule has 0 aliphatic rings. The average molecular weight is 424 g/mol. The van der Waals surface area contributed by atoms with Gasteiger partial charge in [-0.25, -0.2) is 9.59 Å². The topological polar surface area (TPSA) is 78.4 Å². The van der Waals surface area contributed by atoms with Crippen molar-refractivity contribution in [2.45, 2.75) is 13.3 Å². The Morgan fingerprint density at radius 1 is 1.13 bits per heavy atom. The fourth-order valence-electron chi connectivity index (χ4n) is 2.19. The van der Waals surface area contributed by atoms with Gasteiger partial charge in [0.15, 0.2) is 0 Å². The molecule has 0 unspecified atom stereocenters. The smallest absolute Gasteiger partial charge is 0.338 e. The average Bonchev–Trinajstić information content (AvgIpc) is 2.49. The number of rotatable bonds is 5. The van der Waals surface area contributed by atoms with Gasteiger partial charge in [0, 0.05) is 10.1 Å². The minimum absolute atomic E-state index is 0.111. The van der Waals surface area contributed by atoms with E-state index >= 15 is 0 Å². The van der Waals surface area contributed by atoms with Gasteiger partial charge in [-0.05, 0) is 65.3 Å². The first kappa shape index (κ1) is 17.3. The molecule has 0 fully saturated rings.